The molecule has 1 heterocycles. The summed E-state index contributed by atoms with van der Waals surface area (Å²) in [4.78, 5) is 12.7. The van der Waals surface area contributed by atoms with Crippen LogP contribution in [-0.4, -0.2) is 30.7 Å². The molecule has 0 unspecified atom stereocenters. The van der Waals surface area contributed by atoms with Crippen molar-refractivity contribution in [3.63, 3.8) is 0 Å². The summed E-state index contributed by atoms with van der Waals surface area (Å²) >= 11 is 0. The summed E-state index contributed by atoms with van der Waals surface area (Å²) in [6.07, 6.45) is 4.05. The van der Waals surface area contributed by atoms with Gasteiger partial charge in [0.1, 0.15) is 0 Å². The quantitative estimate of drug-likeness (QED) is 0.669. The van der Waals surface area contributed by atoms with Crippen LogP contribution < -0.4 is 5.32 Å². The van der Waals surface area contributed by atoms with Gasteiger partial charge >= 0.3 is 6.09 Å². The number of amides is 1. The predicted molar refractivity (Wildman–Crippen MR) is 45.5 cm³/mol. The van der Waals surface area contributed by atoms with Gasteiger partial charge < -0.3 is 10.1 Å². The monoisotopic (exact) mass is 170 g/mol. The molecule has 1 aliphatic heterocycles. The van der Waals surface area contributed by atoms with Crippen molar-refractivity contribution in [1.82, 2.24) is 10.2 Å². The fraction of sp³-hybridized carbons (Fsp3) is 0.625. The van der Waals surface area contributed by atoms with Crippen LogP contribution in [0.4, 0.5) is 4.79 Å². The fourth-order valence-corrected chi connectivity index (χ4v) is 0.910. The van der Waals surface area contributed by atoms with Crippen molar-refractivity contribution in [2.75, 3.05) is 19.7 Å². The number of hydrogen-bond acceptors (Lipinski definition) is 3. The summed E-state index contributed by atoms with van der Waals surface area (Å²) in [5.74, 6) is 0. The molecule has 0 atom stereocenters. The van der Waals surface area contributed by atoms with Crippen molar-refractivity contribution >= 4 is 6.09 Å². The van der Waals surface area contributed by atoms with Crippen LogP contribution in [0.15, 0.2) is 12.4 Å². The molecule has 1 rings (SSSR count). The molecule has 1 aliphatic rings. The van der Waals surface area contributed by atoms with Gasteiger partial charge in [0.2, 0.25) is 0 Å². The van der Waals surface area contributed by atoms with Gasteiger partial charge in [0, 0.05) is 25.5 Å². The number of carbonyl (C=O) groups excluding carboxylic acids is 1. The second-order valence-corrected chi connectivity index (χ2v) is 2.58. The second kappa shape index (κ2) is 4.64. The standard InChI is InChI=1S/C8H14N2O2/c1-2-7-12-8(11)10-5-3-9-4-6-10/h3,5,9H,2,4,6-7H2,1H3. The second-order valence-electron chi connectivity index (χ2n) is 2.58. The number of carbonyl (C=O) groups is 1. The van der Waals surface area contributed by atoms with E-state index < -0.39 is 0 Å². The maximum absolute atomic E-state index is 11.2. The molecule has 0 aliphatic carbocycles. The Balaban J connectivity index is 2.30. The highest BCUT2D eigenvalue weighted by atomic mass is 16.6. The molecule has 0 saturated carbocycles. The van der Waals surface area contributed by atoms with Crippen LogP contribution in [0.1, 0.15) is 13.3 Å². The first-order chi connectivity index (χ1) is 5.84. The minimum atomic E-state index is -0.255. The summed E-state index contributed by atoms with van der Waals surface area (Å²) in [7, 11) is 0. The minimum Gasteiger partial charge on any atom is -0.449 e. The maximum atomic E-state index is 11.2. The molecule has 0 fully saturated rings. The molecule has 0 aromatic rings. The molecular weight excluding hydrogens is 156 g/mol. The van der Waals surface area contributed by atoms with Crippen LogP contribution in [0.3, 0.4) is 0 Å². The molecule has 0 aromatic heterocycles. The zero-order valence-electron chi connectivity index (χ0n) is 7.25. The number of nitrogens with one attached hydrogen (secondary N) is 1. The van der Waals surface area contributed by atoms with Gasteiger partial charge in [-0.3, -0.25) is 4.90 Å². The lowest BCUT2D eigenvalue weighted by Gasteiger charge is -2.21. The van der Waals surface area contributed by atoms with Gasteiger partial charge in [-0.15, -0.1) is 0 Å². The molecule has 1 amide bonds. The van der Waals surface area contributed by atoms with Gasteiger partial charge in [-0.25, -0.2) is 4.79 Å². The average Bonchev–Trinajstić information content (AvgIpc) is 2.15. The van der Waals surface area contributed by atoms with E-state index in [2.05, 4.69) is 5.32 Å². The molecule has 0 saturated heterocycles. The summed E-state index contributed by atoms with van der Waals surface area (Å²) in [5, 5.41) is 3.00. The van der Waals surface area contributed by atoms with E-state index in [0.717, 1.165) is 13.0 Å². The molecule has 12 heavy (non-hydrogen) atoms. The third kappa shape index (κ3) is 2.45. The van der Waals surface area contributed by atoms with Crippen molar-refractivity contribution in [3.8, 4) is 0 Å². The third-order valence-corrected chi connectivity index (χ3v) is 1.53. The summed E-state index contributed by atoms with van der Waals surface area (Å²) in [6, 6.07) is 0. The summed E-state index contributed by atoms with van der Waals surface area (Å²) in [5.41, 5.74) is 0. The van der Waals surface area contributed by atoms with Crippen molar-refractivity contribution in [1.29, 1.82) is 0 Å². The van der Waals surface area contributed by atoms with Gasteiger partial charge in [-0.2, -0.15) is 0 Å². The Hall–Kier alpha value is -1.19. The Morgan fingerprint density at radius 3 is 3.17 bits per heavy atom. The van der Waals surface area contributed by atoms with E-state index in [9.17, 15) is 4.79 Å². The van der Waals surface area contributed by atoms with Crippen LogP contribution in [-0.2, 0) is 4.74 Å². The van der Waals surface area contributed by atoms with Gasteiger partial charge in [-0.1, -0.05) is 6.92 Å². The van der Waals surface area contributed by atoms with E-state index in [1.165, 1.54) is 0 Å². The highest BCUT2D eigenvalue weighted by molar-refractivity contribution is 5.68. The van der Waals surface area contributed by atoms with Crippen molar-refractivity contribution in [2.45, 2.75) is 13.3 Å². The Morgan fingerprint density at radius 2 is 2.58 bits per heavy atom. The Morgan fingerprint density at radius 1 is 1.75 bits per heavy atom. The van der Waals surface area contributed by atoms with Gasteiger partial charge in [-0.05, 0) is 6.42 Å². The van der Waals surface area contributed by atoms with Crippen molar-refractivity contribution in [2.24, 2.45) is 0 Å². The van der Waals surface area contributed by atoms with Gasteiger partial charge in [0.25, 0.3) is 0 Å². The minimum absolute atomic E-state index is 0.255. The topological polar surface area (TPSA) is 41.6 Å². The Kier molecular flexibility index (Phi) is 3.44. The largest absolute Gasteiger partial charge is 0.449 e. The first-order valence-corrected chi connectivity index (χ1v) is 4.18. The molecule has 0 radical (unpaired) electrons. The predicted octanol–water partition coefficient (Wildman–Crippen LogP) is 0.909. The normalized spacial score (nSPS) is 15.6. The van der Waals surface area contributed by atoms with E-state index in [4.69, 9.17) is 4.74 Å². The van der Waals surface area contributed by atoms with Crippen LogP contribution in [0.5, 0.6) is 0 Å². The van der Waals surface area contributed by atoms with E-state index in [1.54, 1.807) is 17.3 Å². The molecule has 0 bridgehead atoms. The van der Waals surface area contributed by atoms with Crippen LogP contribution in [0.2, 0.25) is 0 Å². The van der Waals surface area contributed by atoms with Crippen molar-refractivity contribution < 1.29 is 9.53 Å². The number of rotatable bonds is 2. The smallest absolute Gasteiger partial charge is 0.413 e. The van der Waals surface area contributed by atoms with Gasteiger partial charge in [0.15, 0.2) is 0 Å². The highest BCUT2D eigenvalue weighted by Gasteiger charge is 2.12. The molecule has 1 N–H and O–H groups in total. The molecule has 68 valence electrons. The lowest BCUT2D eigenvalue weighted by atomic mass is 10.5. The fourth-order valence-electron chi connectivity index (χ4n) is 0.910. The molecule has 4 heteroatoms. The van der Waals surface area contributed by atoms with E-state index in [-0.39, 0.29) is 6.09 Å². The molecule has 0 spiro atoms. The number of nitrogens with zero attached hydrogens (tertiary/aromatic N) is 1. The SMILES string of the molecule is CCCOC(=O)N1C=CNCC1. The van der Waals surface area contributed by atoms with E-state index >= 15 is 0 Å². The van der Waals surface area contributed by atoms with E-state index in [1.807, 2.05) is 6.92 Å². The van der Waals surface area contributed by atoms with Crippen molar-refractivity contribution in [3.05, 3.63) is 12.4 Å². The summed E-state index contributed by atoms with van der Waals surface area (Å²) in [6.45, 7) is 3.94. The van der Waals surface area contributed by atoms with Gasteiger partial charge in [0.05, 0.1) is 6.61 Å². The zero-order valence-corrected chi connectivity index (χ0v) is 7.25. The Bertz CT molecular complexity index is 180. The zero-order chi connectivity index (χ0) is 8.81. The average molecular weight is 170 g/mol. The van der Waals surface area contributed by atoms with E-state index in [0.29, 0.717) is 13.2 Å². The molecule has 0 aromatic carbocycles. The van der Waals surface area contributed by atoms with Crippen LogP contribution in [0, 0.1) is 0 Å². The number of ether oxygens (including phenoxy) is 1. The molecular formula is C8H14N2O2. The molecule has 4 nitrogen and oxygen atoms in total. The lowest BCUT2D eigenvalue weighted by Crippen LogP contribution is -2.36. The third-order valence-electron chi connectivity index (χ3n) is 1.53. The highest BCUT2D eigenvalue weighted by Crippen LogP contribution is 1.98. The number of hydrogen-bond donors (Lipinski definition) is 1. The lowest BCUT2D eigenvalue weighted by molar-refractivity contribution is 0.116. The van der Waals surface area contributed by atoms with Crippen LogP contribution in [0.25, 0.3) is 0 Å². The first kappa shape index (κ1) is 8.90. The maximum Gasteiger partial charge on any atom is 0.413 e. The first-order valence-electron chi connectivity index (χ1n) is 4.18. The van der Waals surface area contributed by atoms with Crippen LogP contribution >= 0.6 is 0 Å². The Labute approximate surface area is 72.2 Å². The summed E-state index contributed by atoms with van der Waals surface area (Å²) < 4.78 is 4.94.